The molecule has 2 aliphatic rings. The van der Waals surface area contributed by atoms with Gasteiger partial charge in [-0.2, -0.15) is 0 Å². The fraction of sp³-hybridized carbons (Fsp3) is 0.476. The summed E-state index contributed by atoms with van der Waals surface area (Å²) in [5, 5.41) is 8.31. The molecule has 2 aliphatic heterocycles. The average Bonchev–Trinajstić information content (AvgIpc) is 3.45. The Hall–Kier alpha value is -3.07. The first-order valence-corrected chi connectivity index (χ1v) is 10.4. The predicted molar refractivity (Wildman–Crippen MR) is 111 cm³/mol. The zero-order valence-corrected chi connectivity index (χ0v) is 17.0. The Bertz CT molecular complexity index is 1050. The van der Waals surface area contributed by atoms with Crippen LogP contribution in [0.25, 0.3) is 11.0 Å². The van der Waals surface area contributed by atoms with E-state index in [-0.39, 0.29) is 18.0 Å². The Morgan fingerprint density at radius 2 is 2.07 bits per heavy atom. The first kappa shape index (κ1) is 18.9. The summed E-state index contributed by atoms with van der Waals surface area (Å²) in [7, 11) is 1.70. The van der Waals surface area contributed by atoms with Gasteiger partial charge in [-0.25, -0.2) is 4.98 Å². The van der Waals surface area contributed by atoms with Crippen LogP contribution in [0, 0.1) is 0 Å². The molecular formula is C21H25N7O2. The number of ether oxygens (including phenoxy) is 1. The molecule has 0 saturated carbocycles. The van der Waals surface area contributed by atoms with Gasteiger partial charge in [0.1, 0.15) is 12.1 Å². The number of fused-ring (bicyclic) bond motifs is 2. The van der Waals surface area contributed by atoms with Crippen molar-refractivity contribution in [3.8, 4) is 0 Å². The Labute approximate surface area is 174 Å². The molecule has 0 aliphatic carbocycles. The zero-order chi connectivity index (χ0) is 20.5. The van der Waals surface area contributed by atoms with Crippen LogP contribution in [-0.4, -0.2) is 67.9 Å². The smallest absolute Gasteiger partial charge is 0.225 e. The van der Waals surface area contributed by atoms with E-state index in [9.17, 15) is 4.79 Å². The number of hydrogen-bond acceptors (Lipinski definition) is 7. The summed E-state index contributed by atoms with van der Waals surface area (Å²) in [6.45, 7) is 2.83. The first-order chi connectivity index (χ1) is 14.7. The van der Waals surface area contributed by atoms with Gasteiger partial charge in [0.05, 0.1) is 35.9 Å². The number of aryl methyl sites for hydroxylation is 1. The van der Waals surface area contributed by atoms with Crippen LogP contribution in [0.3, 0.4) is 0 Å². The highest BCUT2D eigenvalue weighted by Gasteiger charge is 2.47. The van der Waals surface area contributed by atoms with Gasteiger partial charge in [0.2, 0.25) is 5.91 Å². The van der Waals surface area contributed by atoms with Gasteiger partial charge in [0, 0.05) is 33.2 Å². The van der Waals surface area contributed by atoms with Crippen LogP contribution in [-0.2, 0) is 22.6 Å². The van der Waals surface area contributed by atoms with E-state index in [4.69, 9.17) is 9.72 Å². The summed E-state index contributed by atoms with van der Waals surface area (Å²) in [6, 6.07) is 8.15. The van der Waals surface area contributed by atoms with E-state index in [0.717, 1.165) is 48.6 Å². The monoisotopic (exact) mass is 407 g/mol. The molecule has 1 aromatic carbocycles. The van der Waals surface area contributed by atoms with Crippen molar-refractivity contribution < 1.29 is 9.53 Å². The Balaban J connectivity index is 1.33. The number of para-hydroxylation sites is 2. The third-order valence-electron chi connectivity index (χ3n) is 6.10. The van der Waals surface area contributed by atoms with Crippen LogP contribution in [0.1, 0.15) is 25.1 Å². The average molecular weight is 407 g/mol. The molecule has 1 amide bonds. The molecule has 30 heavy (non-hydrogen) atoms. The van der Waals surface area contributed by atoms with Gasteiger partial charge in [-0.1, -0.05) is 12.1 Å². The van der Waals surface area contributed by atoms with Crippen molar-refractivity contribution in [3.05, 3.63) is 42.6 Å². The van der Waals surface area contributed by atoms with E-state index in [2.05, 4.69) is 20.1 Å². The highest BCUT2D eigenvalue weighted by molar-refractivity contribution is 5.82. The minimum atomic E-state index is 0.123. The number of aromatic nitrogens is 5. The second-order valence-electron chi connectivity index (χ2n) is 7.85. The van der Waals surface area contributed by atoms with Gasteiger partial charge in [-0.05, 0) is 25.0 Å². The molecule has 4 heterocycles. The summed E-state index contributed by atoms with van der Waals surface area (Å²) in [6.07, 6.45) is 5.86. The number of nitrogens with zero attached hydrogens (tertiary/aromatic N) is 7. The predicted octanol–water partition coefficient (Wildman–Crippen LogP) is 1.64. The summed E-state index contributed by atoms with van der Waals surface area (Å²) in [4.78, 5) is 26.4. The highest BCUT2D eigenvalue weighted by Crippen LogP contribution is 2.36. The molecule has 0 N–H and O–H groups in total. The fourth-order valence-electron chi connectivity index (χ4n) is 4.62. The number of likely N-dealkylation sites (tertiary alicyclic amines) is 1. The lowest BCUT2D eigenvalue weighted by atomic mass is 10.1. The summed E-state index contributed by atoms with van der Waals surface area (Å²) < 4.78 is 7.15. The lowest BCUT2D eigenvalue weighted by molar-refractivity contribution is -0.129. The topological polar surface area (TPSA) is 89.3 Å². The van der Waals surface area contributed by atoms with Crippen molar-refractivity contribution in [3.63, 3.8) is 0 Å². The second-order valence-corrected chi connectivity index (χ2v) is 7.85. The molecule has 0 radical (unpaired) electrons. The van der Waals surface area contributed by atoms with Crippen LogP contribution in [0.5, 0.6) is 0 Å². The molecule has 156 valence electrons. The highest BCUT2D eigenvalue weighted by atomic mass is 16.5. The normalized spacial score (nSPS) is 21.0. The fourth-order valence-corrected chi connectivity index (χ4v) is 4.62. The van der Waals surface area contributed by atoms with E-state index in [0.29, 0.717) is 19.6 Å². The molecule has 9 heteroatoms. The van der Waals surface area contributed by atoms with Crippen LogP contribution >= 0.6 is 0 Å². The molecule has 2 aromatic heterocycles. The number of carbonyl (C=O) groups excluding carboxylic acids is 1. The molecule has 2 fully saturated rings. The molecule has 0 unspecified atom stereocenters. The van der Waals surface area contributed by atoms with E-state index in [1.807, 2.05) is 39.9 Å². The third kappa shape index (κ3) is 3.39. The van der Waals surface area contributed by atoms with Crippen LogP contribution in [0.4, 0.5) is 5.82 Å². The maximum absolute atomic E-state index is 12.9. The largest absolute Gasteiger partial charge is 0.385 e. The quantitative estimate of drug-likeness (QED) is 0.550. The van der Waals surface area contributed by atoms with Gasteiger partial charge < -0.3 is 19.1 Å². The number of carbonyl (C=O) groups is 1. The maximum atomic E-state index is 12.9. The Morgan fingerprint density at radius 3 is 2.93 bits per heavy atom. The molecule has 0 bridgehead atoms. The van der Waals surface area contributed by atoms with E-state index in [1.54, 1.807) is 13.4 Å². The number of methoxy groups -OCH3 is 1. The standard InChI is InChI=1S/C21H25N7O2/c1-30-10-4-8-26-14-23-25-20(26)13-28-17-7-9-27(18(17)11-21(28)29)19-12-22-15-5-2-3-6-16(15)24-19/h2-3,5-6,12,14,17-18H,4,7-11,13H2,1H3/t17-,18-/m0/s1. The van der Waals surface area contributed by atoms with Crippen molar-refractivity contribution >= 4 is 22.8 Å². The second kappa shape index (κ2) is 7.98. The number of rotatable bonds is 7. The molecule has 9 nitrogen and oxygen atoms in total. The molecule has 5 rings (SSSR count). The summed E-state index contributed by atoms with van der Waals surface area (Å²) >= 11 is 0. The number of benzene rings is 1. The molecule has 2 saturated heterocycles. The Morgan fingerprint density at radius 1 is 1.20 bits per heavy atom. The first-order valence-electron chi connectivity index (χ1n) is 10.4. The van der Waals surface area contributed by atoms with Gasteiger partial charge in [0.15, 0.2) is 5.82 Å². The Kier molecular flexibility index (Phi) is 5.04. The van der Waals surface area contributed by atoms with Crippen molar-refractivity contribution in [2.24, 2.45) is 0 Å². The third-order valence-corrected chi connectivity index (χ3v) is 6.10. The lowest BCUT2D eigenvalue weighted by Crippen LogP contribution is -2.37. The zero-order valence-electron chi connectivity index (χ0n) is 17.0. The van der Waals surface area contributed by atoms with E-state index in [1.165, 1.54) is 0 Å². The van der Waals surface area contributed by atoms with Crippen molar-refractivity contribution in [2.75, 3.05) is 25.2 Å². The van der Waals surface area contributed by atoms with Gasteiger partial charge in [0.25, 0.3) is 0 Å². The van der Waals surface area contributed by atoms with Crippen LogP contribution in [0.15, 0.2) is 36.8 Å². The number of hydrogen-bond donors (Lipinski definition) is 0. The molecule has 2 atom stereocenters. The van der Waals surface area contributed by atoms with Crippen molar-refractivity contribution in [2.45, 2.75) is 44.4 Å². The van der Waals surface area contributed by atoms with Crippen molar-refractivity contribution in [1.82, 2.24) is 29.6 Å². The minimum absolute atomic E-state index is 0.123. The van der Waals surface area contributed by atoms with Crippen LogP contribution in [0.2, 0.25) is 0 Å². The molecule has 0 spiro atoms. The lowest BCUT2D eigenvalue weighted by Gasteiger charge is -2.25. The van der Waals surface area contributed by atoms with Gasteiger partial charge in [-0.3, -0.25) is 9.78 Å². The van der Waals surface area contributed by atoms with Gasteiger partial charge in [-0.15, -0.1) is 10.2 Å². The van der Waals surface area contributed by atoms with Gasteiger partial charge >= 0.3 is 0 Å². The maximum Gasteiger partial charge on any atom is 0.225 e. The summed E-state index contributed by atoms with van der Waals surface area (Å²) in [5.41, 5.74) is 1.76. The number of amides is 1. The molecular weight excluding hydrogens is 382 g/mol. The van der Waals surface area contributed by atoms with E-state index >= 15 is 0 Å². The van der Waals surface area contributed by atoms with Crippen LogP contribution < -0.4 is 4.90 Å². The van der Waals surface area contributed by atoms with E-state index < -0.39 is 0 Å². The summed E-state index contributed by atoms with van der Waals surface area (Å²) in [5.74, 6) is 1.83. The molecule has 3 aromatic rings. The SMILES string of the molecule is COCCCn1cnnc1CN1C(=O)C[C@H]2[C@@H]1CCN2c1cnc2ccccc2n1. The minimum Gasteiger partial charge on any atom is -0.385 e. The van der Waals surface area contributed by atoms with Crippen molar-refractivity contribution in [1.29, 1.82) is 0 Å². The number of anilines is 1.